The largest absolute Gasteiger partial charge is 0.456 e. The first-order valence-corrected chi connectivity index (χ1v) is 9.72. The van der Waals surface area contributed by atoms with Crippen molar-refractivity contribution in [3.05, 3.63) is 70.8 Å². The molecule has 1 atom stereocenters. The summed E-state index contributed by atoms with van der Waals surface area (Å²) in [5, 5.41) is 0. The van der Waals surface area contributed by atoms with Crippen LogP contribution in [0.3, 0.4) is 0 Å². The Morgan fingerprint density at radius 2 is 1.70 bits per heavy atom. The molecule has 0 spiro atoms. The minimum Gasteiger partial charge on any atom is -0.456 e. The highest BCUT2D eigenvalue weighted by Gasteiger charge is 2.35. The molecule has 1 unspecified atom stereocenters. The maximum atomic E-state index is 12.4. The number of fused-ring (bicyclic) bond motifs is 1. The van der Waals surface area contributed by atoms with Gasteiger partial charge in [-0.1, -0.05) is 42.0 Å². The fourth-order valence-corrected chi connectivity index (χ4v) is 3.30. The molecule has 156 valence electrons. The van der Waals surface area contributed by atoms with E-state index in [1.54, 1.807) is 25.2 Å². The molecule has 0 fully saturated rings. The molecule has 0 aliphatic carbocycles. The van der Waals surface area contributed by atoms with E-state index in [0.29, 0.717) is 11.1 Å². The van der Waals surface area contributed by atoms with E-state index in [4.69, 9.17) is 4.74 Å². The number of hydrogen-bond acceptors (Lipinski definition) is 5. The normalized spacial score (nSPS) is 13.8. The molecule has 1 aliphatic heterocycles. The van der Waals surface area contributed by atoms with Gasteiger partial charge in [-0.15, -0.1) is 0 Å². The van der Waals surface area contributed by atoms with Crippen LogP contribution in [-0.4, -0.2) is 53.7 Å². The summed E-state index contributed by atoms with van der Waals surface area (Å²) >= 11 is 0. The van der Waals surface area contributed by atoms with Gasteiger partial charge in [0.2, 0.25) is 0 Å². The van der Waals surface area contributed by atoms with E-state index < -0.39 is 24.4 Å². The van der Waals surface area contributed by atoms with Crippen molar-refractivity contribution in [1.29, 1.82) is 0 Å². The van der Waals surface area contributed by atoms with Crippen molar-refractivity contribution in [1.82, 2.24) is 9.80 Å². The number of aryl methyl sites for hydroxylation is 1. The van der Waals surface area contributed by atoms with Gasteiger partial charge in [-0.25, -0.2) is 0 Å². The Bertz CT molecular complexity index is 986. The summed E-state index contributed by atoms with van der Waals surface area (Å²) in [6.45, 7) is 3.24. The van der Waals surface area contributed by atoms with Gasteiger partial charge in [0.25, 0.3) is 17.7 Å². The predicted molar refractivity (Wildman–Crippen MR) is 110 cm³/mol. The smallest absolute Gasteiger partial charge is 0.308 e. The number of hydrogen-bond donors (Lipinski definition) is 0. The molecule has 3 amide bonds. The van der Waals surface area contributed by atoms with E-state index in [1.165, 1.54) is 4.90 Å². The molecule has 7 heteroatoms. The Labute approximate surface area is 175 Å². The monoisotopic (exact) mass is 408 g/mol. The average Bonchev–Trinajstić information content (AvgIpc) is 2.99. The Kier molecular flexibility index (Phi) is 6.30. The standard InChI is InChI=1S/C23H24N2O5/c1-15-9-10-18-19(13-15)23(29)25(22(18)28)12-11-21(27)30-14-20(26)24(3)16(2)17-7-5-4-6-8-17/h4-10,13,16H,11-12,14H2,1-3H3. The van der Waals surface area contributed by atoms with E-state index in [1.807, 2.05) is 44.2 Å². The zero-order valence-corrected chi connectivity index (χ0v) is 17.3. The second-order valence-corrected chi connectivity index (χ2v) is 7.31. The zero-order valence-electron chi connectivity index (χ0n) is 17.3. The highest BCUT2D eigenvalue weighted by molar-refractivity contribution is 6.21. The van der Waals surface area contributed by atoms with E-state index in [0.717, 1.165) is 16.0 Å². The van der Waals surface area contributed by atoms with Crippen LogP contribution >= 0.6 is 0 Å². The van der Waals surface area contributed by atoms with Crippen molar-refractivity contribution in [2.45, 2.75) is 26.3 Å². The quantitative estimate of drug-likeness (QED) is 0.520. The van der Waals surface area contributed by atoms with Gasteiger partial charge >= 0.3 is 5.97 Å². The van der Waals surface area contributed by atoms with Crippen LogP contribution in [0.25, 0.3) is 0 Å². The topological polar surface area (TPSA) is 84.0 Å². The van der Waals surface area contributed by atoms with Crippen LogP contribution in [0.4, 0.5) is 0 Å². The first-order valence-electron chi connectivity index (χ1n) is 9.72. The number of benzene rings is 2. The summed E-state index contributed by atoms with van der Waals surface area (Å²) in [5.74, 6) is -1.82. The second kappa shape index (κ2) is 8.90. The molecule has 0 radical (unpaired) electrons. The molecule has 0 saturated carbocycles. The third-order valence-electron chi connectivity index (χ3n) is 5.28. The number of likely N-dealkylation sites (N-methyl/N-ethyl adjacent to an activating group) is 1. The number of nitrogens with zero attached hydrogens (tertiary/aromatic N) is 2. The van der Waals surface area contributed by atoms with Crippen LogP contribution in [0.15, 0.2) is 48.5 Å². The van der Waals surface area contributed by atoms with Gasteiger partial charge in [0.05, 0.1) is 23.6 Å². The molecule has 0 saturated heterocycles. The van der Waals surface area contributed by atoms with Crippen molar-refractivity contribution < 1.29 is 23.9 Å². The van der Waals surface area contributed by atoms with Gasteiger partial charge in [-0.05, 0) is 31.5 Å². The number of rotatable bonds is 7. The van der Waals surface area contributed by atoms with Crippen molar-refractivity contribution >= 4 is 23.7 Å². The zero-order chi connectivity index (χ0) is 21.8. The van der Waals surface area contributed by atoms with Crippen LogP contribution < -0.4 is 0 Å². The molecule has 3 rings (SSSR count). The van der Waals surface area contributed by atoms with Crippen LogP contribution in [0.5, 0.6) is 0 Å². The first-order chi connectivity index (χ1) is 14.3. The first kappa shape index (κ1) is 21.2. The Balaban J connectivity index is 1.49. The lowest BCUT2D eigenvalue weighted by Crippen LogP contribution is -2.35. The van der Waals surface area contributed by atoms with Gasteiger partial charge < -0.3 is 9.64 Å². The van der Waals surface area contributed by atoms with Crippen molar-refractivity contribution in [3.63, 3.8) is 0 Å². The van der Waals surface area contributed by atoms with Crippen LogP contribution in [0.1, 0.15) is 51.2 Å². The lowest BCUT2D eigenvalue weighted by molar-refractivity contribution is -0.152. The average molecular weight is 408 g/mol. The highest BCUT2D eigenvalue weighted by Crippen LogP contribution is 2.24. The molecule has 7 nitrogen and oxygen atoms in total. The Morgan fingerprint density at radius 1 is 1.03 bits per heavy atom. The van der Waals surface area contributed by atoms with E-state index in [2.05, 4.69) is 0 Å². The number of ether oxygens (including phenoxy) is 1. The minimum absolute atomic E-state index is 0.0886. The van der Waals surface area contributed by atoms with Gasteiger partial charge in [-0.2, -0.15) is 0 Å². The van der Waals surface area contributed by atoms with E-state index in [-0.39, 0.29) is 24.9 Å². The summed E-state index contributed by atoms with van der Waals surface area (Å²) < 4.78 is 5.06. The van der Waals surface area contributed by atoms with Crippen LogP contribution in [0.2, 0.25) is 0 Å². The molecule has 2 aromatic rings. The molecule has 0 N–H and O–H groups in total. The maximum Gasteiger partial charge on any atom is 0.308 e. The fourth-order valence-electron chi connectivity index (χ4n) is 3.30. The van der Waals surface area contributed by atoms with Gasteiger partial charge in [0.15, 0.2) is 6.61 Å². The number of esters is 1. The van der Waals surface area contributed by atoms with E-state index in [9.17, 15) is 19.2 Å². The third-order valence-corrected chi connectivity index (χ3v) is 5.28. The molecular weight excluding hydrogens is 384 g/mol. The number of imide groups is 1. The number of carbonyl (C=O) groups excluding carboxylic acids is 4. The van der Waals surface area contributed by atoms with Gasteiger partial charge in [0.1, 0.15) is 0 Å². The molecule has 0 aromatic heterocycles. The Hall–Kier alpha value is -3.48. The van der Waals surface area contributed by atoms with Crippen LogP contribution in [-0.2, 0) is 14.3 Å². The SMILES string of the molecule is Cc1ccc2c(c1)C(=O)N(CCC(=O)OCC(=O)N(C)C(C)c1ccccc1)C2=O. The predicted octanol–water partition coefficient (Wildman–Crippen LogP) is 2.74. The van der Waals surface area contributed by atoms with Crippen LogP contribution in [0, 0.1) is 6.92 Å². The summed E-state index contributed by atoms with van der Waals surface area (Å²) in [4.78, 5) is 51.8. The summed E-state index contributed by atoms with van der Waals surface area (Å²) in [6, 6.07) is 14.4. The molecule has 30 heavy (non-hydrogen) atoms. The molecule has 0 bridgehead atoms. The fraction of sp³-hybridized carbons (Fsp3) is 0.304. The molecule has 2 aromatic carbocycles. The third kappa shape index (κ3) is 4.40. The number of amides is 3. The van der Waals surface area contributed by atoms with E-state index >= 15 is 0 Å². The number of carbonyl (C=O) groups is 4. The highest BCUT2D eigenvalue weighted by atomic mass is 16.5. The summed E-state index contributed by atoms with van der Waals surface area (Å²) in [7, 11) is 1.65. The lowest BCUT2D eigenvalue weighted by atomic mass is 10.1. The van der Waals surface area contributed by atoms with Gasteiger partial charge in [0, 0.05) is 13.6 Å². The minimum atomic E-state index is -0.642. The molecule has 1 heterocycles. The molecular formula is C23H24N2O5. The lowest BCUT2D eigenvalue weighted by Gasteiger charge is -2.25. The summed E-state index contributed by atoms with van der Waals surface area (Å²) in [5.41, 5.74) is 2.54. The van der Waals surface area contributed by atoms with Gasteiger partial charge in [-0.3, -0.25) is 24.1 Å². The Morgan fingerprint density at radius 3 is 2.40 bits per heavy atom. The van der Waals surface area contributed by atoms with Crippen molar-refractivity contribution in [2.75, 3.05) is 20.2 Å². The molecule has 1 aliphatic rings. The van der Waals surface area contributed by atoms with Crippen molar-refractivity contribution in [3.8, 4) is 0 Å². The maximum absolute atomic E-state index is 12.4. The second-order valence-electron chi connectivity index (χ2n) is 7.31. The summed E-state index contributed by atoms with van der Waals surface area (Å²) in [6.07, 6.45) is -0.171. The van der Waals surface area contributed by atoms with Crippen molar-refractivity contribution in [2.24, 2.45) is 0 Å².